The van der Waals surface area contributed by atoms with Crippen LogP contribution in [-0.2, 0) is 0 Å². The van der Waals surface area contributed by atoms with Gasteiger partial charge in [-0.05, 0) is 30.6 Å². The lowest BCUT2D eigenvalue weighted by Crippen LogP contribution is -2.37. The minimum atomic E-state index is 0.468. The molecular formula is C10H17Cl. The number of allylic oxidation sites excluding steroid dienone is 1. The predicted molar refractivity (Wildman–Crippen MR) is 51.0 cm³/mol. The Balaban J connectivity index is 2.46. The van der Waals surface area contributed by atoms with Crippen LogP contribution in [0, 0.1) is 11.3 Å². The molecular weight excluding hydrogens is 156 g/mol. The maximum absolute atomic E-state index is 5.96. The highest BCUT2D eigenvalue weighted by molar-refractivity contribution is 6.18. The first-order valence-corrected chi connectivity index (χ1v) is 4.95. The van der Waals surface area contributed by atoms with Gasteiger partial charge in [0.05, 0.1) is 0 Å². The first kappa shape index (κ1) is 9.12. The lowest BCUT2D eigenvalue weighted by molar-refractivity contribution is 0.0884. The molecule has 0 N–H and O–H groups in total. The molecule has 0 nitrogen and oxygen atoms in total. The van der Waals surface area contributed by atoms with Crippen molar-refractivity contribution < 1.29 is 0 Å². The Kier molecular flexibility index (Phi) is 3.00. The van der Waals surface area contributed by atoms with Crippen LogP contribution in [0.5, 0.6) is 0 Å². The summed E-state index contributed by atoms with van der Waals surface area (Å²) < 4.78 is 0. The van der Waals surface area contributed by atoms with E-state index in [2.05, 4.69) is 13.5 Å². The van der Waals surface area contributed by atoms with Gasteiger partial charge >= 0.3 is 0 Å². The van der Waals surface area contributed by atoms with E-state index in [9.17, 15) is 0 Å². The minimum Gasteiger partial charge on any atom is -0.126 e. The van der Waals surface area contributed by atoms with Gasteiger partial charge < -0.3 is 0 Å². The molecule has 0 aliphatic heterocycles. The Morgan fingerprint density at radius 1 is 1.64 bits per heavy atom. The molecule has 0 saturated heterocycles. The molecule has 1 atom stereocenters. The van der Waals surface area contributed by atoms with Gasteiger partial charge in [0.2, 0.25) is 0 Å². The lowest BCUT2D eigenvalue weighted by Gasteiger charge is -2.45. The van der Waals surface area contributed by atoms with Crippen molar-refractivity contribution in [3.05, 3.63) is 12.7 Å². The maximum Gasteiger partial charge on any atom is 0.0282 e. The molecule has 1 aliphatic rings. The van der Waals surface area contributed by atoms with Gasteiger partial charge in [-0.1, -0.05) is 19.4 Å². The normalized spacial score (nSPS) is 23.8. The molecule has 0 aromatic heterocycles. The summed E-state index contributed by atoms with van der Waals surface area (Å²) in [5.74, 6) is 1.56. The molecule has 0 heterocycles. The van der Waals surface area contributed by atoms with Crippen molar-refractivity contribution in [2.24, 2.45) is 11.3 Å². The highest BCUT2D eigenvalue weighted by atomic mass is 35.5. The Morgan fingerprint density at radius 3 is 2.55 bits per heavy atom. The van der Waals surface area contributed by atoms with Crippen LogP contribution in [0.25, 0.3) is 0 Å². The molecule has 0 radical (unpaired) electrons. The van der Waals surface area contributed by atoms with Crippen LogP contribution in [0.3, 0.4) is 0 Å². The Morgan fingerprint density at radius 2 is 2.27 bits per heavy atom. The van der Waals surface area contributed by atoms with E-state index in [-0.39, 0.29) is 0 Å². The SMILES string of the molecule is C=CCC(C)C1(CCl)CCC1. The van der Waals surface area contributed by atoms with E-state index in [0.717, 1.165) is 18.2 Å². The zero-order chi connectivity index (χ0) is 8.32. The van der Waals surface area contributed by atoms with Crippen molar-refractivity contribution in [2.75, 3.05) is 5.88 Å². The molecule has 0 aromatic carbocycles. The monoisotopic (exact) mass is 172 g/mol. The second-order valence-corrected chi connectivity index (χ2v) is 4.04. The second kappa shape index (κ2) is 3.62. The van der Waals surface area contributed by atoms with Crippen LogP contribution in [0.15, 0.2) is 12.7 Å². The lowest BCUT2D eigenvalue weighted by atomic mass is 9.62. The summed E-state index contributed by atoms with van der Waals surface area (Å²) in [7, 11) is 0. The van der Waals surface area contributed by atoms with Crippen LogP contribution < -0.4 is 0 Å². The molecule has 1 rings (SSSR count). The van der Waals surface area contributed by atoms with Crippen LogP contribution >= 0.6 is 11.6 Å². The Bertz CT molecular complexity index is 130. The Hall–Kier alpha value is 0.0300. The van der Waals surface area contributed by atoms with E-state index in [1.54, 1.807) is 0 Å². The van der Waals surface area contributed by atoms with E-state index < -0.39 is 0 Å². The van der Waals surface area contributed by atoms with Crippen LogP contribution in [0.2, 0.25) is 0 Å². The Labute approximate surface area is 74.6 Å². The molecule has 1 saturated carbocycles. The summed E-state index contributed by atoms with van der Waals surface area (Å²) in [6.45, 7) is 6.06. The van der Waals surface area contributed by atoms with Gasteiger partial charge in [0.15, 0.2) is 0 Å². The van der Waals surface area contributed by atoms with Gasteiger partial charge in [-0.25, -0.2) is 0 Å². The van der Waals surface area contributed by atoms with Crippen molar-refractivity contribution in [3.8, 4) is 0 Å². The number of hydrogen-bond acceptors (Lipinski definition) is 0. The third-order valence-corrected chi connectivity index (χ3v) is 3.71. The summed E-state index contributed by atoms with van der Waals surface area (Å²) in [5.41, 5.74) is 0.468. The smallest absolute Gasteiger partial charge is 0.0282 e. The summed E-state index contributed by atoms with van der Waals surface area (Å²) in [6, 6.07) is 0. The standard InChI is InChI=1S/C10H17Cl/c1-3-5-9(2)10(8-11)6-4-7-10/h3,9H,1,4-8H2,2H3. The molecule has 1 aliphatic carbocycles. The summed E-state index contributed by atoms with van der Waals surface area (Å²) in [5, 5.41) is 0. The van der Waals surface area contributed by atoms with Crippen LogP contribution in [0.1, 0.15) is 32.6 Å². The molecule has 0 aromatic rings. The van der Waals surface area contributed by atoms with Crippen molar-refractivity contribution in [2.45, 2.75) is 32.6 Å². The number of alkyl halides is 1. The van der Waals surface area contributed by atoms with Crippen molar-refractivity contribution in [3.63, 3.8) is 0 Å². The number of hydrogen-bond donors (Lipinski definition) is 0. The summed E-state index contributed by atoms with van der Waals surface area (Å²) >= 11 is 5.96. The van der Waals surface area contributed by atoms with Crippen molar-refractivity contribution >= 4 is 11.6 Å². The van der Waals surface area contributed by atoms with Gasteiger partial charge in [-0.3, -0.25) is 0 Å². The third-order valence-electron chi connectivity index (χ3n) is 3.18. The average molecular weight is 173 g/mol. The molecule has 0 bridgehead atoms. The van der Waals surface area contributed by atoms with Crippen LogP contribution in [0.4, 0.5) is 0 Å². The summed E-state index contributed by atoms with van der Waals surface area (Å²) in [6.07, 6.45) is 7.15. The second-order valence-electron chi connectivity index (χ2n) is 3.77. The topological polar surface area (TPSA) is 0 Å². The fourth-order valence-corrected chi connectivity index (χ4v) is 2.42. The minimum absolute atomic E-state index is 0.468. The van der Waals surface area contributed by atoms with Gasteiger partial charge in [-0.2, -0.15) is 0 Å². The fraction of sp³-hybridized carbons (Fsp3) is 0.800. The molecule has 0 spiro atoms. The van der Waals surface area contributed by atoms with Gasteiger partial charge in [0, 0.05) is 5.88 Å². The molecule has 1 unspecified atom stereocenters. The first-order valence-electron chi connectivity index (χ1n) is 4.42. The zero-order valence-corrected chi connectivity index (χ0v) is 8.03. The maximum atomic E-state index is 5.96. The van der Waals surface area contributed by atoms with Crippen LogP contribution in [-0.4, -0.2) is 5.88 Å². The van der Waals surface area contributed by atoms with Crippen molar-refractivity contribution in [1.29, 1.82) is 0 Å². The largest absolute Gasteiger partial charge is 0.126 e. The number of rotatable bonds is 4. The predicted octanol–water partition coefficient (Wildman–Crippen LogP) is 3.61. The molecule has 64 valence electrons. The van der Waals surface area contributed by atoms with E-state index >= 15 is 0 Å². The van der Waals surface area contributed by atoms with E-state index in [1.807, 2.05) is 6.08 Å². The third kappa shape index (κ3) is 1.61. The number of halogens is 1. The highest BCUT2D eigenvalue weighted by Crippen LogP contribution is 2.49. The molecule has 0 amide bonds. The molecule has 1 fully saturated rings. The zero-order valence-electron chi connectivity index (χ0n) is 7.28. The van der Waals surface area contributed by atoms with Crippen molar-refractivity contribution in [1.82, 2.24) is 0 Å². The van der Waals surface area contributed by atoms with Gasteiger partial charge in [0.1, 0.15) is 0 Å². The van der Waals surface area contributed by atoms with E-state index in [0.29, 0.717) is 5.41 Å². The fourth-order valence-electron chi connectivity index (χ4n) is 1.89. The van der Waals surface area contributed by atoms with E-state index in [4.69, 9.17) is 11.6 Å². The highest BCUT2D eigenvalue weighted by Gasteiger charge is 2.40. The summed E-state index contributed by atoms with van der Waals surface area (Å²) in [4.78, 5) is 0. The molecule has 1 heteroatoms. The first-order chi connectivity index (χ1) is 5.25. The van der Waals surface area contributed by atoms with E-state index in [1.165, 1.54) is 19.3 Å². The van der Waals surface area contributed by atoms with Gasteiger partial charge in [0.25, 0.3) is 0 Å². The quantitative estimate of drug-likeness (QED) is 0.449. The van der Waals surface area contributed by atoms with Gasteiger partial charge in [-0.15, -0.1) is 18.2 Å². The average Bonchev–Trinajstić information content (AvgIpc) is 1.87. The molecule has 11 heavy (non-hydrogen) atoms.